The lowest BCUT2D eigenvalue weighted by Crippen LogP contribution is -2.05. The summed E-state index contributed by atoms with van der Waals surface area (Å²) in [6.45, 7) is 2.12. The number of halogens is 1. The zero-order chi connectivity index (χ0) is 16.7. The van der Waals surface area contributed by atoms with E-state index in [4.69, 9.17) is 10.7 Å². The van der Waals surface area contributed by atoms with Crippen molar-refractivity contribution in [3.8, 4) is 11.1 Å². The average Bonchev–Trinajstić information content (AvgIpc) is 3.03. The molecule has 0 unspecified atom stereocenters. The second kappa shape index (κ2) is 5.87. The number of nitrogen functional groups attached to an aromatic ring is 1. The molecule has 0 saturated heterocycles. The summed E-state index contributed by atoms with van der Waals surface area (Å²) in [4.78, 5) is 9.32. The van der Waals surface area contributed by atoms with Crippen LogP contribution in [0.15, 0.2) is 47.2 Å². The molecule has 24 heavy (non-hydrogen) atoms. The van der Waals surface area contributed by atoms with E-state index in [1.165, 1.54) is 0 Å². The zero-order valence-corrected chi connectivity index (χ0v) is 14.8. The lowest BCUT2D eigenvalue weighted by molar-refractivity contribution is 0.855. The van der Waals surface area contributed by atoms with Crippen LogP contribution in [0.3, 0.4) is 0 Å². The monoisotopic (exact) mass is 381 g/mol. The number of aryl methyl sites for hydroxylation is 1. The molecule has 0 bridgehead atoms. The van der Waals surface area contributed by atoms with Gasteiger partial charge >= 0.3 is 0 Å². The summed E-state index contributed by atoms with van der Waals surface area (Å²) in [5.41, 5.74) is 10.8. The maximum absolute atomic E-state index is 6.23. The molecule has 0 atom stereocenters. The van der Waals surface area contributed by atoms with Crippen LogP contribution >= 0.6 is 15.9 Å². The second-order valence-electron chi connectivity index (χ2n) is 5.72. The first-order chi connectivity index (χ1) is 11.7. The molecule has 0 spiro atoms. The first-order valence-corrected chi connectivity index (χ1v) is 8.65. The number of para-hydroxylation sites is 1. The molecule has 0 saturated carbocycles. The van der Waals surface area contributed by atoms with Crippen LogP contribution in [0.1, 0.15) is 19.0 Å². The Morgan fingerprint density at radius 3 is 2.88 bits per heavy atom. The van der Waals surface area contributed by atoms with Gasteiger partial charge in [0.15, 0.2) is 5.65 Å². The Kier molecular flexibility index (Phi) is 3.69. The van der Waals surface area contributed by atoms with Crippen LogP contribution in [0.25, 0.3) is 27.7 Å². The number of anilines is 1. The van der Waals surface area contributed by atoms with Crippen molar-refractivity contribution in [2.45, 2.75) is 19.8 Å². The number of fused-ring (bicyclic) bond motifs is 2. The van der Waals surface area contributed by atoms with Crippen molar-refractivity contribution in [2.24, 2.45) is 0 Å². The standard InChI is InChI=1S/C18H16BrN5/c1-2-5-15-16(19)17(20)24-18(23-15)13(10-22-24)12-8-11-6-3-4-7-14(11)21-9-12/h3-4,6-10H,2,5,20H2,1H3. The fourth-order valence-corrected chi connectivity index (χ4v) is 3.32. The van der Waals surface area contributed by atoms with Gasteiger partial charge in [-0.15, -0.1) is 0 Å². The summed E-state index contributed by atoms with van der Waals surface area (Å²) in [5, 5.41) is 5.50. The molecular formula is C18H16BrN5. The van der Waals surface area contributed by atoms with Gasteiger partial charge in [0.05, 0.1) is 21.9 Å². The van der Waals surface area contributed by atoms with E-state index in [9.17, 15) is 0 Å². The Balaban J connectivity index is 1.95. The number of benzene rings is 1. The minimum absolute atomic E-state index is 0.573. The van der Waals surface area contributed by atoms with Gasteiger partial charge < -0.3 is 5.73 Å². The van der Waals surface area contributed by atoms with Gasteiger partial charge in [0, 0.05) is 22.7 Å². The van der Waals surface area contributed by atoms with Crippen molar-refractivity contribution in [1.29, 1.82) is 0 Å². The van der Waals surface area contributed by atoms with Crippen LogP contribution in [0.4, 0.5) is 5.82 Å². The first kappa shape index (κ1) is 15.1. The Bertz CT molecular complexity index is 1050. The van der Waals surface area contributed by atoms with Crippen molar-refractivity contribution < 1.29 is 0 Å². The van der Waals surface area contributed by atoms with Crippen molar-refractivity contribution in [3.05, 3.63) is 52.9 Å². The van der Waals surface area contributed by atoms with Crippen LogP contribution < -0.4 is 5.73 Å². The van der Waals surface area contributed by atoms with E-state index in [1.807, 2.05) is 24.4 Å². The maximum atomic E-state index is 6.23. The van der Waals surface area contributed by atoms with Gasteiger partial charge in [-0.05, 0) is 34.5 Å². The number of aromatic nitrogens is 4. The van der Waals surface area contributed by atoms with E-state index < -0.39 is 0 Å². The lowest BCUT2D eigenvalue weighted by Gasteiger charge is -2.08. The third kappa shape index (κ3) is 2.34. The van der Waals surface area contributed by atoms with Crippen LogP contribution in [-0.2, 0) is 6.42 Å². The highest BCUT2D eigenvalue weighted by Gasteiger charge is 2.16. The quantitative estimate of drug-likeness (QED) is 0.575. The predicted octanol–water partition coefficient (Wildman–Crippen LogP) is 4.24. The Morgan fingerprint density at radius 2 is 2.04 bits per heavy atom. The second-order valence-corrected chi connectivity index (χ2v) is 6.51. The predicted molar refractivity (Wildman–Crippen MR) is 99.8 cm³/mol. The summed E-state index contributed by atoms with van der Waals surface area (Å²) < 4.78 is 2.50. The number of nitrogens with two attached hydrogens (primary N) is 1. The molecule has 4 rings (SSSR count). The SMILES string of the molecule is CCCc1nc2c(-c3cnc4ccccc4c3)cnn2c(N)c1Br. The summed E-state index contributed by atoms with van der Waals surface area (Å²) in [6.07, 6.45) is 5.52. The fourth-order valence-electron chi connectivity index (χ4n) is 2.87. The van der Waals surface area contributed by atoms with Crippen LogP contribution in [0.2, 0.25) is 0 Å². The summed E-state index contributed by atoms with van der Waals surface area (Å²) in [7, 11) is 0. The normalized spacial score (nSPS) is 11.4. The third-order valence-electron chi connectivity index (χ3n) is 4.08. The zero-order valence-electron chi connectivity index (χ0n) is 13.2. The summed E-state index contributed by atoms with van der Waals surface area (Å²) in [6, 6.07) is 10.2. The molecule has 1 aromatic carbocycles. The van der Waals surface area contributed by atoms with E-state index in [0.29, 0.717) is 5.82 Å². The van der Waals surface area contributed by atoms with Crippen molar-refractivity contribution in [1.82, 2.24) is 19.6 Å². The van der Waals surface area contributed by atoms with Gasteiger partial charge in [-0.2, -0.15) is 9.61 Å². The van der Waals surface area contributed by atoms with Crippen molar-refractivity contribution in [3.63, 3.8) is 0 Å². The van der Waals surface area contributed by atoms with E-state index in [-0.39, 0.29) is 0 Å². The highest BCUT2D eigenvalue weighted by Crippen LogP contribution is 2.31. The molecule has 0 aliphatic carbocycles. The largest absolute Gasteiger partial charge is 0.383 e. The molecule has 120 valence electrons. The minimum Gasteiger partial charge on any atom is -0.383 e. The molecule has 2 N–H and O–H groups in total. The smallest absolute Gasteiger partial charge is 0.165 e. The molecule has 3 heterocycles. The molecule has 4 aromatic rings. The molecule has 0 aliphatic rings. The Hall–Kier alpha value is -2.47. The Labute approximate surface area is 147 Å². The molecule has 0 radical (unpaired) electrons. The number of rotatable bonds is 3. The van der Waals surface area contributed by atoms with Crippen LogP contribution in [0.5, 0.6) is 0 Å². The van der Waals surface area contributed by atoms with Gasteiger partial charge in [-0.25, -0.2) is 4.98 Å². The molecule has 0 fully saturated rings. The number of hydrogen-bond acceptors (Lipinski definition) is 4. The van der Waals surface area contributed by atoms with E-state index >= 15 is 0 Å². The molecular weight excluding hydrogens is 366 g/mol. The van der Waals surface area contributed by atoms with Gasteiger partial charge in [0.25, 0.3) is 0 Å². The molecule has 3 aromatic heterocycles. The van der Waals surface area contributed by atoms with Crippen molar-refractivity contribution >= 4 is 38.3 Å². The topological polar surface area (TPSA) is 69.1 Å². The molecule has 5 nitrogen and oxygen atoms in total. The summed E-state index contributed by atoms with van der Waals surface area (Å²) in [5.74, 6) is 0.573. The van der Waals surface area contributed by atoms with Gasteiger partial charge in [-0.1, -0.05) is 31.5 Å². The van der Waals surface area contributed by atoms with Gasteiger partial charge in [0.2, 0.25) is 0 Å². The lowest BCUT2D eigenvalue weighted by atomic mass is 10.1. The molecule has 0 aliphatic heterocycles. The van der Waals surface area contributed by atoms with Crippen molar-refractivity contribution in [2.75, 3.05) is 5.73 Å². The average molecular weight is 382 g/mol. The van der Waals surface area contributed by atoms with Gasteiger partial charge in [0.1, 0.15) is 5.82 Å². The third-order valence-corrected chi connectivity index (χ3v) is 4.94. The first-order valence-electron chi connectivity index (χ1n) is 7.85. The Morgan fingerprint density at radius 1 is 1.21 bits per heavy atom. The van der Waals surface area contributed by atoms with Crippen LogP contribution in [-0.4, -0.2) is 19.6 Å². The van der Waals surface area contributed by atoms with E-state index in [0.717, 1.165) is 50.7 Å². The number of hydrogen-bond donors (Lipinski definition) is 1. The van der Waals surface area contributed by atoms with Crippen LogP contribution in [0, 0.1) is 0 Å². The van der Waals surface area contributed by atoms with Gasteiger partial charge in [-0.3, -0.25) is 4.98 Å². The highest BCUT2D eigenvalue weighted by molar-refractivity contribution is 9.10. The number of nitrogens with zero attached hydrogens (tertiary/aromatic N) is 4. The minimum atomic E-state index is 0.573. The maximum Gasteiger partial charge on any atom is 0.165 e. The molecule has 0 amide bonds. The highest BCUT2D eigenvalue weighted by atomic mass is 79.9. The number of pyridine rings is 1. The fraction of sp³-hybridized carbons (Fsp3) is 0.167. The van der Waals surface area contributed by atoms with E-state index in [2.05, 4.69) is 45.1 Å². The van der Waals surface area contributed by atoms with E-state index in [1.54, 1.807) is 10.7 Å². The molecule has 6 heteroatoms. The summed E-state index contributed by atoms with van der Waals surface area (Å²) >= 11 is 3.54.